The lowest BCUT2D eigenvalue weighted by Gasteiger charge is -2.13. The summed E-state index contributed by atoms with van der Waals surface area (Å²) in [6.07, 6.45) is 1.05. The van der Waals surface area contributed by atoms with E-state index < -0.39 is 0 Å². The first-order chi connectivity index (χ1) is 6.99. The first-order valence-electron chi connectivity index (χ1n) is 5.11. The second-order valence-electron chi connectivity index (χ2n) is 4.22. The van der Waals surface area contributed by atoms with Crippen molar-refractivity contribution in [3.05, 3.63) is 33.8 Å². The van der Waals surface area contributed by atoms with Crippen molar-refractivity contribution < 1.29 is 5.11 Å². The maximum Gasteiger partial charge on any atom is 0.0583 e. The molecule has 0 fully saturated rings. The Morgan fingerprint density at radius 3 is 2.47 bits per heavy atom. The van der Waals surface area contributed by atoms with Crippen LogP contribution in [0.25, 0.3) is 0 Å². The SMILES string of the molecule is CC(C)CC(O)Cc1ccc(Cl)cc1Cl. The number of benzene rings is 1. The molecule has 1 nitrogen and oxygen atoms in total. The molecule has 0 spiro atoms. The minimum absolute atomic E-state index is 0.330. The average Bonchev–Trinajstić information content (AvgIpc) is 2.08. The van der Waals surface area contributed by atoms with Crippen LogP contribution in [0.5, 0.6) is 0 Å². The zero-order valence-corrected chi connectivity index (χ0v) is 10.5. The Bertz CT molecular complexity index is 323. The summed E-state index contributed by atoms with van der Waals surface area (Å²) >= 11 is 11.8. The van der Waals surface area contributed by atoms with Crippen LogP contribution in [-0.4, -0.2) is 11.2 Å². The fourth-order valence-electron chi connectivity index (χ4n) is 1.57. The van der Waals surface area contributed by atoms with Gasteiger partial charge in [-0.05, 0) is 36.5 Å². The zero-order chi connectivity index (χ0) is 11.4. The van der Waals surface area contributed by atoms with E-state index in [9.17, 15) is 5.11 Å². The Labute approximate surface area is 101 Å². The normalized spacial score (nSPS) is 13.2. The van der Waals surface area contributed by atoms with Gasteiger partial charge in [0.25, 0.3) is 0 Å². The summed E-state index contributed by atoms with van der Waals surface area (Å²) in [5.41, 5.74) is 0.953. The molecule has 0 amide bonds. The lowest BCUT2D eigenvalue weighted by Crippen LogP contribution is -2.13. The number of aliphatic hydroxyl groups is 1. The molecule has 0 aliphatic carbocycles. The van der Waals surface area contributed by atoms with Gasteiger partial charge in [-0.1, -0.05) is 43.1 Å². The van der Waals surface area contributed by atoms with Gasteiger partial charge in [-0.25, -0.2) is 0 Å². The summed E-state index contributed by atoms with van der Waals surface area (Å²) in [7, 11) is 0. The topological polar surface area (TPSA) is 20.2 Å². The third-order valence-electron chi connectivity index (χ3n) is 2.21. The largest absolute Gasteiger partial charge is 0.393 e. The van der Waals surface area contributed by atoms with Crippen LogP contribution in [-0.2, 0) is 6.42 Å². The molecule has 3 heteroatoms. The standard InChI is InChI=1S/C12H16Cl2O/c1-8(2)5-11(15)6-9-3-4-10(13)7-12(9)14/h3-4,7-8,11,15H,5-6H2,1-2H3. The monoisotopic (exact) mass is 246 g/mol. The van der Waals surface area contributed by atoms with Crippen molar-refractivity contribution in [2.75, 3.05) is 0 Å². The number of halogens is 2. The zero-order valence-electron chi connectivity index (χ0n) is 9.00. The highest BCUT2D eigenvalue weighted by atomic mass is 35.5. The van der Waals surface area contributed by atoms with E-state index in [4.69, 9.17) is 23.2 Å². The summed E-state index contributed by atoms with van der Waals surface area (Å²) in [4.78, 5) is 0. The molecular formula is C12H16Cl2O. The van der Waals surface area contributed by atoms with E-state index in [0.29, 0.717) is 22.4 Å². The van der Waals surface area contributed by atoms with Gasteiger partial charge < -0.3 is 5.11 Å². The number of aliphatic hydroxyl groups excluding tert-OH is 1. The van der Waals surface area contributed by atoms with Gasteiger partial charge in [0.2, 0.25) is 0 Å². The molecular weight excluding hydrogens is 231 g/mol. The van der Waals surface area contributed by atoms with E-state index in [1.807, 2.05) is 6.07 Å². The fraction of sp³-hybridized carbons (Fsp3) is 0.500. The maximum atomic E-state index is 9.78. The Kier molecular flexibility index (Phi) is 4.91. The average molecular weight is 247 g/mol. The smallest absolute Gasteiger partial charge is 0.0583 e. The van der Waals surface area contributed by atoms with Crippen molar-refractivity contribution >= 4 is 23.2 Å². The van der Waals surface area contributed by atoms with Crippen LogP contribution >= 0.6 is 23.2 Å². The molecule has 1 aromatic carbocycles. The molecule has 0 radical (unpaired) electrons. The van der Waals surface area contributed by atoms with Crippen LogP contribution in [0.4, 0.5) is 0 Å². The molecule has 0 aliphatic rings. The Morgan fingerprint density at radius 1 is 1.27 bits per heavy atom. The van der Waals surface area contributed by atoms with E-state index in [2.05, 4.69) is 13.8 Å². The van der Waals surface area contributed by atoms with Crippen molar-refractivity contribution in [1.29, 1.82) is 0 Å². The fourth-order valence-corrected chi connectivity index (χ4v) is 2.05. The van der Waals surface area contributed by atoms with Gasteiger partial charge in [0.15, 0.2) is 0 Å². The van der Waals surface area contributed by atoms with Crippen molar-refractivity contribution in [3.63, 3.8) is 0 Å². The van der Waals surface area contributed by atoms with Crippen molar-refractivity contribution in [3.8, 4) is 0 Å². The lowest BCUT2D eigenvalue weighted by atomic mass is 10.00. The third-order valence-corrected chi connectivity index (χ3v) is 2.80. The van der Waals surface area contributed by atoms with Crippen LogP contribution in [0.2, 0.25) is 10.0 Å². The van der Waals surface area contributed by atoms with Gasteiger partial charge in [0, 0.05) is 10.0 Å². The molecule has 1 rings (SSSR count). The van der Waals surface area contributed by atoms with Gasteiger partial charge in [-0.3, -0.25) is 0 Å². The summed E-state index contributed by atoms with van der Waals surface area (Å²) in [5, 5.41) is 11.0. The second kappa shape index (κ2) is 5.74. The Morgan fingerprint density at radius 2 is 1.93 bits per heavy atom. The van der Waals surface area contributed by atoms with Crippen molar-refractivity contribution in [2.24, 2.45) is 5.92 Å². The van der Waals surface area contributed by atoms with E-state index >= 15 is 0 Å². The predicted octanol–water partition coefficient (Wildman–Crippen LogP) is 3.94. The molecule has 0 saturated carbocycles. The molecule has 0 aliphatic heterocycles. The summed E-state index contributed by atoms with van der Waals surface area (Å²) in [6, 6.07) is 5.37. The van der Waals surface area contributed by atoms with E-state index in [-0.39, 0.29) is 6.10 Å². The summed E-state index contributed by atoms with van der Waals surface area (Å²) < 4.78 is 0. The molecule has 0 aromatic heterocycles. The summed E-state index contributed by atoms with van der Waals surface area (Å²) in [5.74, 6) is 0.492. The van der Waals surface area contributed by atoms with Crippen LogP contribution in [0.15, 0.2) is 18.2 Å². The van der Waals surface area contributed by atoms with Crippen molar-refractivity contribution in [2.45, 2.75) is 32.8 Å². The molecule has 1 atom stereocenters. The quantitative estimate of drug-likeness (QED) is 0.854. The molecule has 0 saturated heterocycles. The minimum Gasteiger partial charge on any atom is -0.393 e. The molecule has 1 unspecified atom stereocenters. The van der Waals surface area contributed by atoms with Gasteiger partial charge in [0.05, 0.1) is 6.10 Å². The highest BCUT2D eigenvalue weighted by molar-refractivity contribution is 6.35. The van der Waals surface area contributed by atoms with E-state index in [1.54, 1.807) is 12.1 Å². The predicted molar refractivity (Wildman–Crippen MR) is 65.6 cm³/mol. The van der Waals surface area contributed by atoms with Gasteiger partial charge >= 0.3 is 0 Å². The van der Waals surface area contributed by atoms with Crippen LogP contribution < -0.4 is 0 Å². The first kappa shape index (κ1) is 12.8. The number of hydrogen-bond acceptors (Lipinski definition) is 1. The third kappa shape index (κ3) is 4.42. The molecule has 1 aromatic rings. The second-order valence-corrected chi connectivity index (χ2v) is 5.07. The highest BCUT2D eigenvalue weighted by Gasteiger charge is 2.10. The Hall–Kier alpha value is -0.240. The number of rotatable bonds is 4. The maximum absolute atomic E-state index is 9.78. The minimum atomic E-state index is -0.330. The Balaban J connectivity index is 2.64. The van der Waals surface area contributed by atoms with Gasteiger partial charge in [-0.2, -0.15) is 0 Å². The van der Waals surface area contributed by atoms with Crippen LogP contribution in [0.1, 0.15) is 25.8 Å². The van der Waals surface area contributed by atoms with Crippen molar-refractivity contribution in [1.82, 2.24) is 0 Å². The molecule has 15 heavy (non-hydrogen) atoms. The van der Waals surface area contributed by atoms with Gasteiger partial charge in [0.1, 0.15) is 0 Å². The molecule has 0 bridgehead atoms. The van der Waals surface area contributed by atoms with E-state index in [0.717, 1.165) is 12.0 Å². The van der Waals surface area contributed by atoms with Gasteiger partial charge in [-0.15, -0.1) is 0 Å². The summed E-state index contributed by atoms with van der Waals surface area (Å²) in [6.45, 7) is 4.18. The van der Waals surface area contributed by atoms with Crippen LogP contribution in [0, 0.1) is 5.92 Å². The lowest BCUT2D eigenvalue weighted by molar-refractivity contribution is 0.149. The molecule has 84 valence electrons. The first-order valence-corrected chi connectivity index (χ1v) is 5.86. The molecule has 1 N–H and O–H groups in total. The number of hydrogen-bond donors (Lipinski definition) is 1. The van der Waals surface area contributed by atoms with Crippen LogP contribution in [0.3, 0.4) is 0 Å². The van der Waals surface area contributed by atoms with E-state index in [1.165, 1.54) is 0 Å². The highest BCUT2D eigenvalue weighted by Crippen LogP contribution is 2.23. The molecule has 0 heterocycles.